The van der Waals surface area contributed by atoms with E-state index >= 15 is 0 Å². The molecule has 0 unspecified atom stereocenters. The van der Waals surface area contributed by atoms with E-state index in [1.807, 2.05) is 0 Å². The molecule has 0 aliphatic rings. The fourth-order valence-corrected chi connectivity index (χ4v) is 0.721. The second kappa shape index (κ2) is 3.43. The van der Waals surface area contributed by atoms with Crippen LogP contribution in [0.2, 0.25) is 0 Å². The molecule has 0 aliphatic heterocycles. The minimum Gasteiger partial charge on any atom is -0.508 e. The number of benzene rings is 1. The first-order chi connectivity index (χ1) is 5.59. The van der Waals surface area contributed by atoms with E-state index in [1.54, 1.807) is 0 Å². The van der Waals surface area contributed by atoms with E-state index in [1.165, 1.54) is 12.1 Å². The predicted molar refractivity (Wildman–Crippen MR) is 40.1 cm³/mol. The Bertz CT molecular complexity index is 278. The number of halogens is 2. The Balaban J connectivity index is 2.90. The first kappa shape index (κ1) is 8.84. The van der Waals surface area contributed by atoms with Crippen LogP contribution in [0.25, 0.3) is 0 Å². The molecule has 1 N–H and O–H groups in total. The monoisotopic (exact) mass is 170 g/mol. The second-order valence-corrected chi connectivity index (χ2v) is 2.10. The van der Waals surface area contributed by atoms with Crippen molar-refractivity contribution in [3.63, 3.8) is 0 Å². The zero-order chi connectivity index (χ0) is 9.14. The lowest BCUT2D eigenvalue weighted by atomic mass is 9.95. The van der Waals surface area contributed by atoms with Crippen LogP contribution in [0.15, 0.2) is 18.2 Å². The van der Waals surface area contributed by atoms with Gasteiger partial charge in [0.1, 0.15) is 19.3 Å². The second-order valence-electron chi connectivity index (χ2n) is 2.10. The summed E-state index contributed by atoms with van der Waals surface area (Å²) in [4.78, 5) is 0. The smallest absolute Gasteiger partial charge is 0.387 e. The van der Waals surface area contributed by atoms with E-state index in [0.717, 1.165) is 6.07 Å². The zero-order valence-electron chi connectivity index (χ0n) is 6.00. The van der Waals surface area contributed by atoms with E-state index in [2.05, 4.69) is 4.74 Å². The summed E-state index contributed by atoms with van der Waals surface area (Å²) in [6.45, 7) is -2.94. The zero-order valence-corrected chi connectivity index (χ0v) is 6.00. The number of aromatic hydroxyl groups is 1. The molecule has 0 aliphatic carbocycles. The summed E-state index contributed by atoms with van der Waals surface area (Å²) in [5.41, 5.74) is 0.0631. The van der Waals surface area contributed by atoms with Crippen LogP contribution in [-0.4, -0.2) is 19.6 Å². The third-order valence-electron chi connectivity index (χ3n) is 1.21. The van der Waals surface area contributed by atoms with Gasteiger partial charge in [0.2, 0.25) is 0 Å². The van der Waals surface area contributed by atoms with Gasteiger partial charge in [0.15, 0.2) is 0 Å². The topological polar surface area (TPSA) is 29.5 Å². The highest BCUT2D eigenvalue weighted by molar-refractivity contribution is 6.34. The quantitative estimate of drug-likeness (QED) is 0.664. The van der Waals surface area contributed by atoms with Crippen LogP contribution in [0.1, 0.15) is 0 Å². The molecule has 1 rings (SSSR count). The van der Waals surface area contributed by atoms with Crippen molar-refractivity contribution < 1.29 is 18.6 Å². The molecule has 0 saturated carbocycles. The maximum Gasteiger partial charge on any atom is 0.387 e. The molecule has 0 saturated heterocycles. The normalized spacial score (nSPS) is 10.2. The number of hydrogen-bond donors (Lipinski definition) is 1. The van der Waals surface area contributed by atoms with E-state index in [-0.39, 0.29) is 17.0 Å². The average Bonchev–Trinajstić information content (AvgIpc) is 1.96. The fourth-order valence-electron chi connectivity index (χ4n) is 0.721. The molecular formula is C7H5BF2O2. The first-order valence-corrected chi connectivity index (χ1v) is 3.13. The minimum atomic E-state index is -2.94. The Hall–Kier alpha value is -1.26. The molecule has 2 nitrogen and oxygen atoms in total. The highest BCUT2D eigenvalue weighted by atomic mass is 19.3. The Labute approximate surface area is 69.2 Å². The van der Waals surface area contributed by atoms with Crippen molar-refractivity contribution in [2.45, 2.75) is 6.61 Å². The first-order valence-electron chi connectivity index (χ1n) is 3.13. The molecule has 12 heavy (non-hydrogen) atoms. The minimum absolute atomic E-state index is 0.0631. The lowest BCUT2D eigenvalue weighted by Crippen LogP contribution is -2.12. The van der Waals surface area contributed by atoms with Crippen molar-refractivity contribution in [1.29, 1.82) is 0 Å². The Morgan fingerprint density at radius 1 is 1.42 bits per heavy atom. The molecule has 2 radical (unpaired) electrons. The number of ether oxygens (including phenoxy) is 1. The number of hydrogen-bond acceptors (Lipinski definition) is 2. The van der Waals surface area contributed by atoms with E-state index in [9.17, 15) is 8.78 Å². The Morgan fingerprint density at radius 3 is 2.67 bits per heavy atom. The Kier molecular flexibility index (Phi) is 2.52. The maximum atomic E-state index is 11.7. The van der Waals surface area contributed by atoms with Crippen LogP contribution in [0.3, 0.4) is 0 Å². The van der Waals surface area contributed by atoms with Crippen molar-refractivity contribution in [3.8, 4) is 11.5 Å². The van der Waals surface area contributed by atoms with Gasteiger partial charge in [-0.15, -0.1) is 0 Å². The van der Waals surface area contributed by atoms with Crippen LogP contribution in [-0.2, 0) is 0 Å². The molecule has 5 heteroatoms. The van der Waals surface area contributed by atoms with Crippen molar-refractivity contribution in [2.24, 2.45) is 0 Å². The van der Waals surface area contributed by atoms with Gasteiger partial charge in [-0.05, 0) is 6.07 Å². The number of phenols is 1. The summed E-state index contributed by atoms with van der Waals surface area (Å²) in [6.07, 6.45) is 0. The van der Waals surface area contributed by atoms with Crippen molar-refractivity contribution in [2.75, 3.05) is 0 Å². The average molecular weight is 170 g/mol. The number of phenolic OH excluding ortho intramolecular Hbond substituents is 1. The highest BCUT2D eigenvalue weighted by Gasteiger charge is 2.06. The van der Waals surface area contributed by atoms with Gasteiger partial charge in [-0.25, -0.2) is 0 Å². The largest absolute Gasteiger partial charge is 0.508 e. The van der Waals surface area contributed by atoms with Gasteiger partial charge in [-0.2, -0.15) is 8.78 Å². The molecule has 0 aromatic heterocycles. The summed E-state index contributed by atoms with van der Waals surface area (Å²) in [6, 6.07) is 3.60. The van der Waals surface area contributed by atoms with Crippen LogP contribution in [0.4, 0.5) is 8.78 Å². The molecule has 0 atom stereocenters. The van der Waals surface area contributed by atoms with Crippen LogP contribution < -0.4 is 10.2 Å². The van der Waals surface area contributed by atoms with Crippen molar-refractivity contribution >= 4 is 13.3 Å². The van der Waals surface area contributed by atoms with Gasteiger partial charge in [0, 0.05) is 6.07 Å². The predicted octanol–water partition coefficient (Wildman–Crippen LogP) is 0.787. The molecule has 0 amide bonds. The van der Waals surface area contributed by atoms with E-state index < -0.39 is 6.61 Å². The number of alkyl halides is 2. The molecule has 0 bridgehead atoms. The lowest BCUT2D eigenvalue weighted by molar-refractivity contribution is -0.0492. The molecule has 1 aromatic rings. The summed E-state index contributed by atoms with van der Waals surface area (Å²) >= 11 is 0. The molecule has 0 fully saturated rings. The molecule has 0 heterocycles. The van der Waals surface area contributed by atoms with Crippen molar-refractivity contribution in [3.05, 3.63) is 18.2 Å². The summed E-state index contributed by atoms with van der Waals surface area (Å²) in [7, 11) is 5.27. The summed E-state index contributed by atoms with van der Waals surface area (Å²) in [5, 5.41) is 8.87. The third kappa shape index (κ3) is 2.12. The van der Waals surface area contributed by atoms with Crippen LogP contribution >= 0.6 is 0 Å². The summed E-state index contributed by atoms with van der Waals surface area (Å²) < 4.78 is 27.4. The summed E-state index contributed by atoms with van der Waals surface area (Å²) in [5.74, 6) is -0.384. The lowest BCUT2D eigenvalue weighted by Gasteiger charge is -2.07. The van der Waals surface area contributed by atoms with Gasteiger partial charge in [-0.3, -0.25) is 0 Å². The molecule has 1 aromatic carbocycles. The number of rotatable bonds is 2. The van der Waals surface area contributed by atoms with Crippen LogP contribution in [0, 0.1) is 0 Å². The van der Waals surface area contributed by atoms with E-state index in [0.29, 0.717) is 0 Å². The Morgan fingerprint density at radius 2 is 2.08 bits per heavy atom. The maximum absolute atomic E-state index is 11.7. The van der Waals surface area contributed by atoms with Crippen LogP contribution in [0.5, 0.6) is 11.5 Å². The molecule has 62 valence electrons. The van der Waals surface area contributed by atoms with Crippen molar-refractivity contribution in [1.82, 2.24) is 0 Å². The standard InChI is InChI=1S/C7H5BF2O2/c8-5-2-1-4(11)3-6(5)12-7(9)10/h1-3,7,11H. The fraction of sp³-hybridized carbons (Fsp3) is 0.143. The SMILES string of the molecule is [B]c1ccc(O)cc1OC(F)F. The molecular weight excluding hydrogens is 165 g/mol. The highest BCUT2D eigenvalue weighted by Crippen LogP contribution is 2.16. The molecule has 0 spiro atoms. The third-order valence-corrected chi connectivity index (χ3v) is 1.21. The van der Waals surface area contributed by atoms with Gasteiger partial charge in [0.25, 0.3) is 0 Å². The van der Waals surface area contributed by atoms with Gasteiger partial charge in [-0.1, -0.05) is 11.5 Å². The van der Waals surface area contributed by atoms with Gasteiger partial charge >= 0.3 is 6.61 Å². The van der Waals surface area contributed by atoms with E-state index in [4.69, 9.17) is 13.0 Å². The van der Waals surface area contributed by atoms with Gasteiger partial charge in [0.05, 0.1) is 0 Å². The van der Waals surface area contributed by atoms with Gasteiger partial charge < -0.3 is 9.84 Å².